The van der Waals surface area contributed by atoms with Crippen LogP contribution in [0.1, 0.15) is 12.5 Å². The summed E-state index contributed by atoms with van der Waals surface area (Å²) >= 11 is 5.73. The van der Waals surface area contributed by atoms with Crippen molar-refractivity contribution >= 4 is 11.6 Å². The highest BCUT2D eigenvalue weighted by Gasteiger charge is 1.88. The van der Waals surface area contributed by atoms with Crippen LogP contribution in [-0.4, -0.2) is 0 Å². The molecule has 0 radical (unpaired) electrons. The predicted octanol–water partition coefficient (Wildman–Crippen LogP) is 3.46. The SMILES string of the molecule is C/C=C/Cc1ccc(Cl)cc1. The summed E-state index contributed by atoms with van der Waals surface area (Å²) in [5.74, 6) is 0. The highest BCUT2D eigenvalue weighted by Crippen LogP contribution is 2.09. The second-order valence-corrected chi connectivity index (χ2v) is 2.84. The minimum Gasteiger partial charge on any atom is -0.0913 e. The van der Waals surface area contributed by atoms with Crippen LogP contribution in [0.4, 0.5) is 0 Å². The Morgan fingerprint density at radius 1 is 1.27 bits per heavy atom. The molecule has 11 heavy (non-hydrogen) atoms. The number of benzene rings is 1. The molecule has 0 nitrogen and oxygen atoms in total. The van der Waals surface area contributed by atoms with Crippen molar-refractivity contribution in [2.45, 2.75) is 13.3 Å². The molecule has 0 spiro atoms. The highest BCUT2D eigenvalue weighted by atomic mass is 35.5. The van der Waals surface area contributed by atoms with Crippen molar-refractivity contribution in [3.8, 4) is 0 Å². The molecule has 0 atom stereocenters. The van der Waals surface area contributed by atoms with E-state index in [1.54, 1.807) is 0 Å². The summed E-state index contributed by atoms with van der Waals surface area (Å²) in [5.41, 5.74) is 1.30. The van der Waals surface area contributed by atoms with Crippen molar-refractivity contribution in [1.82, 2.24) is 0 Å². The zero-order chi connectivity index (χ0) is 8.10. The van der Waals surface area contributed by atoms with Crippen LogP contribution in [-0.2, 0) is 6.42 Å². The Bertz CT molecular complexity index is 234. The maximum atomic E-state index is 5.73. The first-order valence-electron chi connectivity index (χ1n) is 3.68. The van der Waals surface area contributed by atoms with E-state index in [4.69, 9.17) is 11.6 Å². The topological polar surface area (TPSA) is 0 Å². The Morgan fingerprint density at radius 3 is 2.45 bits per heavy atom. The molecule has 0 bridgehead atoms. The van der Waals surface area contributed by atoms with E-state index in [1.165, 1.54) is 5.56 Å². The molecular weight excluding hydrogens is 156 g/mol. The van der Waals surface area contributed by atoms with Crippen LogP contribution in [0.15, 0.2) is 36.4 Å². The van der Waals surface area contributed by atoms with Crippen molar-refractivity contribution < 1.29 is 0 Å². The van der Waals surface area contributed by atoms with Gasteiger partial charge in [-0.2, -0.15) is 0 Å². The summed E-state index contributed by atoms with van der Waals surface area (Å²) in [7, 11) is 0. The smallest absolute Gasteiger partial charge is 0.0406 e. The van der Waals surface area contributed by atoms with Gasteiger partial charge in [0, 0.05) is 5.02 Å². The van der Waals surface area contributed by atoms with E-state index in [2.05, 4.69) is 12.2 Å². The average molecular weight is 167 g/mol. The van der Waals surface area contributed by atoms with Gasteiger partial charge in [0.15, 0.2) is 0 Å². The first-order chi connectivity index (χ1) is 5.33. The first-order valence-corrected chi connectivity index (χ1v) is 4.06. The van der Waals surface area contributed by atoms with E-state index in [-0.39, 0.29) is 0 Å². The molecule has 0 unspecified atom stereocenters. The predicted molar refractivity (Wildman–Crippen MR) is 50.0 cm³/mol. The summed E-state index contributed by atoms with van der Waals surface area (Å²) in [6.45, 7) is 2.02. The van der Waals surface area contributed by atoms with E-state index in [9.17, 15) is 0 Å². The molecule has 0 aliphatic carbocycles. The first kappa shape index (κ1) is 8.35. The summed E-state index contributed by atoms with van der Waals surface area (Å²) in [6, 6.07) is 7.92. The Labute approximate surface area is 72.5 Å². The summed E-state index contributed by atoms with van der Waals surface area (Å²) < 4.78 is 0. The fourth-order valence-corrected chi connectivity index (χ4v) is 1.00. The van der Waals surface area contributed by atoms with Crippen LogP contribution >= 0.6 is 11.6 Å². The zero-order valence-corrected chi connectivity index (χ0v) is 7.31. The number of rotatable bonds is 2. The monoisotopic (exact) mass is 166 g/mol. The molecule has 1 rings (SSSR count). The second-order valence-electron chi connectivity index (χ2n) is 2.40. The molecule has 1 aromatic carbocycles. The van der Waals surface area contributed by atoms with Crippen LogP contribution in [0.25, 0.3) is 0 Å². The van der Waals surface area contributed by atoms with Gasteiger partial charge in [-0.1, -0.05) is 35.9 Å². The molecule has 0 fully saturated rings. The lowest BCUT2D eigenvalue weighted by molar-refractivity contribution is 1.26. The van der Waals surface area contributed by atoms with Gasteiger partial charge in [-0.05, 0) is 31.0 Å². The van der Waals surface area contributed by atoms with Gasteiger partial charge in [0.1, 0.15) is 0 Å². The van der Waals surface area contributed by atoms with Gasteiger partial charge in [0.25, 0.3) is 0 Å². The van der Waals surface area contributed by atoms with Crippen LogP contribution in [0.2, 0.25) is 5.02 Å². The molecule has 1 heteroatoms. The second kappa shape index (κ2) is 4.20. The minimum atomic E-state index is 0.800. The van der Waals surface area contributed by atoms with Crippen molar-refractivity contribution in [2.24, 2.45) is 0 Å². The van der Waals surface area contributed by atoms with Gasteiger partial charge in [-0.3, -0.25) is 0 Å². The molecular formula is C10H11Cl. The largest absolute Gasteiger partial charge is 0.0913 e. The molecule has 1 aromatic rings. The maximum Gasteiger partial charge on any atom is 0.0406 e. The molecule has 0 aliphatic heterocycles. The molecule has 0 aromatic heterocycles. The average Bonchev–Trinajstić information content (AvgIpc) is 2.04. The molecule has 58 valence electrons. The lowest BCUT2D eigenvalue weighted by atomic mass is 10.1. The lowest BCUT2D eigenvalue weighted by Crippen LogP contribution is -1.78. The van der Waals surface area contributed by atoms with E-state index in [0.717, 1.165) is 11.4 Å². The van der Waals surface area contributed by atoms with Gasteiger partial charge in [0.2, 0.25) is 0 Å². The molecule has 0 saturated heterocycles. The number of hydrogen-bond donors (Lipinski definition) is 0. The van der Waals surface area contributed by atoms with E-state index in [1.807, 2.05) is 31.2 Å². The van der Waals surface area contributed by atoms with Crippen LogP contribution in [0.3, 0.4) is 0 Å². The quantitative estimate of drug-likeness (QED) is 0.591. The van der Waals surface area contributed by atoms with Crippen molar-refractivity contribution in [2.75, 3.05) is 0 Å². The lowest BCUT2D eigenvalue weighted by Gasteiger charge is -1.94. The Kier molecular flexibility index (Phi) is 3.18. The molecule has 0 amide bonds. The zero-order valence-electron chi connectivity index (χ0n) is 6.55. The van der Waals surface area contributed by atoms with Crippen LogP contribution in [0, 0.1) is 0 Å². The third kappa shape index (κ3) is 2.77. The van der Waals surface area contributed by atoms with E-state index < -0.39 is 0 Å². The van der Waals surface area contributed by atoms with Crippen LogP contribution < -0.4 is 0 Å². The Hall–Kier alpha value is -0.750. The van der Waals surface area contributed by atoms with E-state index >= 15 is 0 Å². The minimum absolute atomic E-state index is 0.800. The third-order valence-corrected chi connectivity index (χ3v) is 1.75. The molecule has 0 heterocycles. The summed E-state index contributed by atoms with van der Waals surface area (Å²) in [5, 5.41) is 0.800. The van der Waals surface area contributed by atoms with Gasteiger partial charge < -0.3 is 0 Å². The summed E-state index contributed by atoms with van der Waals surface area (Å²) in [4.78, 5) is 0. The summed E-state index contributed by atoms with van der Waals surface area (Å²) in [6.07, 6.45) is 5.17. The highest BCUT2D eigenvalue weighted by molar-refractivity contribution is 6.30. The normalized spacial score (nSPS) is 10.7. The Balaban J connectivity index is 2.66. The van der Waals surface area contributed by atoms with Gasteiger partial charge in [-0.25, -0.2) is 0 Å². The molecule has 0 aliphatic rings. The number of halogens is 1. The van der Waals surface area contributed by atoms with Gasteiger partial charge in [0.05, 0.1) is 0 Å². The Morgan fingerprint density at radius 2 is 1.91 bits per heavy atom. The van der Waals surface area contributed by atoms with Crippen molar-refractivity contribution in [3.63, 3.8) is 0 Å². The fourth-order valence-electron chi connectivity index (χ4n) is 0.874. The van der Waals surface area contributed by atoms with Crippen molar-refractivity contribution in [3.05, 3.63) is 47.0 Å². The van der Waals surface area contributed by atoms with Crippen LogP contribution in [0.5, 0.6) is 0 Å². The molecule has 0 saturated carbocycles. The fraction of sp³-hybridized carbons (Fsp3) is 0.200. The van der Waals surface area contributed by atoms with Gasteiger partial charge >= 0.3 is 0 Å². The standard InChI is InChI=1S/C10H11Cl/c1-2-3-4-9-5-7-10(11)8-6-9/h2-3,5-8H,4H2,1H3/b3-2+. The van der Waals surface area contributed by atoms with Gasteiger partial charge in [-0.15, -0.1) is 0 Å². The maximum absolute atomic E-state index is 5.73. The number of allylic oxidation sites excluding steroid dienone is 2. The van der Waals surface area contributed by atoms with Crippen molar-refractivity contribution in [1.29, 1.82) is 0 Å². The third-order valence-electron chi connectivity index (χ3n) is 1.50. The number of hydrogen-bond acceptors (Lipinski definition) is 0. The molecule has 0 N–H and O–H groups in total. The van der Waals surface area contributed by atoms with E-state index in [0.29, 0.717) is 0 Å².